The topological polar surface area (TPSA) is 44.4 Å². The van der Waals surface area contributed by atoms with Gasteiger partial charge in [-0.3, -0.25) is 9.69 Å². The van der Waals surface area contributed by atoms with Crippen LogP contribution in [0.3, 0.4) is 0 Å². The lowest BCUT2D eigenvalue weighted by molar-refractivity contribution is -0.120. The molecule has 0 radical (unpaired) electrons. The van der Waals surface area contributed by atoms with Crippen molar-refractivity contribution < 1.29 is 4.79 Å². The summed E-state index contributed by atoms with van der Waals surface area (Å²) in [4.78, 5) is 13.8. The Kier molecular flexibility index (Phi) is 6.02. The van der Waals surface area contributed by atoms with E-state index in [0.717, 1.165) is 26.2 Å². The minimum atomic E-state index is 0.138. The van der Waals surface area contributed by atoms with E-state index in [4.69, 9.17) is 0 Å². The first-order chi connectivity index (χ1) is 9.78. The van der Waals surface area contributed by atoms with Gasteiger partial charge in [-0.15, -0.1) is 0 Å². The summed E-state index contributed by atoms with van der Waals surface area (Å²) in [6.45, 7) is 6.67. The van der Waals surface area contributed by atoms with Crippen LogP contribution in [0.5, 0.6) is 0 Å². The lowest BCUT2D eigenvalue weighted by atomic mass is 10.2. The van der Waals surface area contributed by atoms with Gasteiger partial charge in [-0.1, -0.05) is 30.3 Å². The van der Waals surface area contributed by atoms with Gasteiger partial charge in [-0.25, -0.2) is 0 Å². The second kappa shape index (κ2) is 8.02. The average Bonchev–Trinajstić information content (AvgIpc) is 2.88. The quantitative estimate of drug-likeness (QED) is 0.790. The third-order valence-corrected chi connectivity index (χ3v) is 3.68. The summed E-state index contributed by atoms with van der Waals surface area (Å²) in [6, 6.07) is 11.1. The number of hydrogen-bond acceptors (Lipinski definition) is 3. The van der Waals surface area contributed by atoms with Crippen molar-refractivity contribution in [2.45, 2.75) is 32.4 Å². The number of carbonyl (C=O) groups is 1. The monoisotopic (exact) mass is 275 g/mol. The molecule has 1 aliphatic rings. The van der Waals surface area contributed by atoms with Crippen molar-refractivity contribution in [3.05, 3.63) is 35.9 Å². The Morgan fingerprint density at radius 3 is 2.90 bits per heavy atom. The molecular formula is C16H25N3O. The number of nitrogens with zero attached hydrogens (tertiary/aromatic N) is 1. The van der Waals surface area contributed by atoms with Gasteiger partial charge in [0.2, 0.25) is 5.91 Å². The summed E-state index contributed by atoms with van der Waals surface area (Å²) in [6.07, 6.45) is 1.74. The highest BCUT2D eigenvalue weighted by Gasteiger charge is 2.21. The molecule has 1 aromatic carbocycles. The second-order valence-electron chi connectivity index (χ2n) is 5.36. The molecule has 2 N–H and O–H groups in total. The predicted octanol–water partition coefficient (Wildman–Crippen LogP) is 1.38. The van der Waals surface area contributed by atoms with Crippen LogP contribution in [0.2, 0.25) is 0 Å². The molecule has 1 aromatic rings. The molecule has 0 bridgehead atoms. The molecule has 1 heterocycles. The standard InChI is InChI=1S/C16H25N3O/c1-2-17-16(20)8-10-18-15-9-11-19(13-15)12-14-6-4-3-5-7-14/h3-7,15,18H,2,8-13H2,1H3,(H,17,20). The van der Waals surface area contributed by atoms with Gasteiger partial charge in [0.05, 0.1) is 0 Å². The minimum absolute atomic E-state index is 0.138. The SMILES string of the molecule is CCNC(=O)CCNC1CCN(Cc2ccccc2)C1. The van der Waals surface area contributed by atoms with E-state index < -0.39 is 0 Å². The van der Waals surface area contributed by atoms with Crippen LogP contribution in [0.25, 0.3) is 0 Å². The normalized spacial score (nSPS) is 19.1. The lowest BCUT2D eigenvalue weighted by Gasteiger charge is -2.16. The van der Waals surface area contributed by atoms with Crippen molar-refractivity contribution in [2.24, 2.45) is 0 Å². The maximum absolute atomic E-state index is 11.4. The van der Waals surface area contributed by atoms with Crippen molar-refractivity contribution in [3.63, 3.8) is 0 Å². The summed E-state index contributed by atoms with van der Waals surface area (Å²) in [5.41, 5.74) is 1.37. The first-order valence-corrected chi connectivity index (χ1v) is 7.54. The molecule has 20 heavy (non-hydrogen) atoms. The van der Waals surface area contributed by atoms with E-state index in [-0.39, 0.29) is 5.91 Å². The van der Waals surface area contributed by atoms with Gasteiger partial charge in [0.1, 0.15) is 0 Å². The van der Waals surface area contributed by atoms with Crippen molar-refractivity contribution in [3.8, 4) is 0 Å². The summed E-state index contributed by atoms with van der Waals surface area (Å²) < 4.78 is 0. The van der Waals surface area contributed by atoms with Gasteiger partial charge in [0.25, 0.3) is 0 Å². The first-order valence-electron chi connectivity index (χ1n) is 7.54. The Morgan fingerprint density at radius 1 is 1.35 bits per heavy atom. The Labute approximate surface area is 121 Å². The fourth-order valence-corrected chi connectivity index (χ4v) is 2.66. The van der Waals surface area contributed by atoms with Crippen LogP contribution in [0, 0.1) is 0 Å². The molecular weight excluding hydrogens is 250 g/mol. The van der Waals surface area contributed by atoms with Gasteiger partial charge in [0, 0.05) is 45.2 Å². The molecule has 4 nitrogen and oxygen atoms in total. The molecule has 110 valence electrons. The van der Waals surface area contributed by atoms with Crippen molar-refractivity contribution >= 4 is 5.91 Å². The van der Waals surface area contributed by atoms with Crippen molar-refractivity contribution in [1.82, 2.24) is 15.5 Å². The maximum atomic E-state index is 11.4. The summed E-state index contributed by atoms with van der Waals surface area (Å²) in [5.74, 6) is 0.138. The smallest absolute Gasteiger partial charge is 0.221 e. The van der Waals surface area contributed by atoms with Crippen LogP contribution >= 0.6 is 0 Å². The Balaban J connectivity index is 1.64. The van der Waals surface area contributed by atoms with E-state index in [1.165, 1.54) is 12.0 Å². The van der Waals surface area contributed by atoms with E-state index in [1.807, 2.05) is 6.92 Å². The van der Waals surface area contributed by atoms with Crippen molar-refractivity contribution in [2.75, 3.05) is 26.2 Å². The Hall–Kier alpha value is -1.39. The number of carbonyl (C=O) groups excluding carboxylic acids is 1. The van der Waals surface area contributed by atoms with Crippen LogP contribution in [0.4, 0.5) is 0 Å². The number of amides is 1. The highest BCUT2D eigenvalue weighted by atomic mass is 16.1. The molecule has 2 rings (SSSR count). The summed E-state index contributed by atoms with van der Waals surface area (Å²) in [7, 11) is 0. The number of likely N-dealkylation sites (tertiary alicyclic amines) is 1. The van der Waals surface area contributed by atoms with E-state index in [0.29, 0.717) is 19.0 Å². The molecule has 4 heteroatoms. The van der Waals surface area contributed by atoms with E-state index in [1.54, 1.807) is 0 Å². The van der Waals surface area contributed by atoms with Gasteiger partial charge in [-0.2, -0.15) is 0 Å². The van der Waals surface area contributed by atoms with E-state index in [2.05, 4.69) is 45.9 Å². The average molecular weight is 275 g/mol. The lowest BCUT2D eigenvalue weighted by Crippen LogP contribution is -2.35. The van der Waals surface area contributed by atoms with Crippen LogP contribution < -0.4 is 10.6 Å². The number of rotatable bonds is 7. The van der Waals surface area contributed by atoms with Gasteiger partial charge in [0.15, 0.2) is 0 Å². The zero-order valence-electron chi connectivity index (χ0n) is 12.3. The molecule has 1 unspecified atom stereocenters. The fourth-order valence-electron chi connectivity index (χ4n) is 2.66. The Bertz CT molecular complexity index is 407. The van der Waals surface area contributed by atoms with Crippen LogP contribution in [-0.4, -0.2) is 43.0 Å². The summed E-state index contributed by atoms with van der Waals surface area (Å²) >= 11 is 0. The zero-order chi connectivity index (χ0) is 14.2. The van der Waals surface area contributed by atoms with Gasteiger partial charge >= 0.3 is 0 Å². The highest BCUT2D eigenvalue weighted by molar-refractivity contribution is 5.75. The number of hydrogen-bond donors (Lipinski definition) is 2. The van der Waals surface area contributed by atoms with Crippen molar-refractivity contribution in [1.29, 1.82) is 0 Å². The van der Waals surface area contributed by atoms with E-state index >= 15 is 0 Å². The molecule has 0 saturated carbocycles. The van der Waals surface area contributed by atoms with Gasteiger partial charge < -0.3 is 10.6 Å². The van der Waals surface area contributed by atoms with Gasteiger partial charge in [-0.05, 0) is 18.9 Å². The molecule has 1 aliphatic heterocycles. The minimum Gasteiger partial charge on any atom is -0.356 e. The molecule has 1 fully saturated rings. The Morgan fingerprint density at radius 2 is 2.15 bits per heavy atom. The third kappa shape index (κ3) is 4.94. The highest BCUT2D eigenvalue weighted by Crippen LogP contribution is 2.13. The molecule has 1 saturated heterocycles. The van der Waals surface area contributed by atoms with Crippen LogP contribution in [0.1, 0.15) is 25.3 Å². The maximum Gasteiger partial charge on any atom is 0.221 e. The number of benzene rings is 1. The summed E-state index contributed by atoms with van der Waals surface area (Å²) in [5, 5.41) is 6.31. The molecule has 0 aliphatic carbocycles. The molecule has 1 amide bonds. The third-order valence-electron chi connectivity index (χ3n) is 3.68. The molecule has 0 spiro atoms. The predicted molar refractivity (Wildman–Crippen MR) is 81.4 cm³/mol. The largest absolute Gasteiger partial charge is 0.356 e. The first kappa shape index (κ1) is 15.0. The zero-order valence-corrected chi connectivity index (χ0v) is 12.3. The fraction of sp³-hybridized carbons (Fsp3) is 0.562. The number of nitrogens with one attached hydrogen (secondary N) is 2. The molecule has 1 atom stereocenters. The second-order valence-corrected chi connectivity index (χ2v) is 5.36. The van der Waals surface area contributed by atoms with E-state index in [9.17, 15) is 4.79 Å². The molecule has 0 aromatic heterocycles. The van der Waals surface area contributed by atoms with Crippen LogP contribution in [0.15, 0.2) is 30.3 Å². The van der Waals surface area contributed by atoms with Crippen LogP contribution in [-0.2, 0) is 11.3 Å².